The Balaban J connectivity index is 2.33. The number of carbonyl (C=O) groups excluding carboxylic acids is 3. The molecule has 1 fully saturated rings. The summed E-state index contributed by atoms with van der Waals surface area (Å²) in [6.07, 6.45) is 25.9. The van der Waals surface area contributed by atoms with Crippen LogP contribution >= 0.6 is 0 Å². The summed E-state index contributed by atoms with van der Waals surface area (Å²) in [6.45, 7) is 7.04. The van der Waals surface area contributed by atoms with Crippen molar-refractivity contribution >= 4 is 17.8 Å². The molecule has 8 nitrogen and oxygen atoms in total. The van der Waals surface area contributed by atoms with E-state index in [1.807, 2.05) is 0 Å². The molecule has 42 heavy (non-hydrogen) atoms. The number of aliphatic hydroxyl groups is 1. The van der Waals surface area contributed by atoms with Crippen molar-refractivity contribution < 1.29 is 24.3 Å². The second-order valence-corrected chi connectivity index (χ2v) is 12.5. The zero-order valence-electron chi connectivity index (χ0n) is 27.3. The van der Waals surface area contributed by atoms with Crippen molar-refractivity contribution in [2.75, 3.05) is 19.6 Å². The predicted octanol–water partition coefficient (Wildman–Crippen LogP) is 7.21. The number of aliphatic hydroxyl groups excluding tert-OH is 1. The molecule has 0 aliphatic carbocycles. The summed E-state index contributed by atoms with van der Waals surface area (Å²) in [6, 6.07) is -0.866. The van der Waals surface area contributed by atoms with Gasteiger partial charge in [0.2, 0.25) is 0 Å². The zero-order chi connectivity index (χ0) is 30.8. The number of hydroxylamine groups is 2. The molecule has 8 heteroatoms. The summed E-state index contributed by atoms with van der Waals surface area (Å²) in [5.74, 6) is -1.72. The van der Waals surface area contributed by atoms with Crippen LogP contribution in [-0.4, -0.2) is 64.6 Å². The lowest BCUT2D eigenvalue weighted by atomic mass is 10.0. The normalized spacial score (nSPS) is 15.1. The van der Waals surface area contributed by atoms with Gasteiger partial charge in [0.15, 0.2) is 0 Å². The van der Waals surface area contributed by atoms with E-state index in [1.165, 1.54) is 103 Å². The molecule has 0 aromatic carbocycles. The average Bonchev–Trinajstić information content (AvgIpc) is 3.29. The third-order valence-electron chi connectivity index (χ3n) is 8.42. The molecular weight excluding hydrogens is 530 g/mol. The lowest BCUT2D eigenvalue weighted by molar-refractivity contribution is -0.198. The van der Waals surface area contributed by atoms with Crippen LogP contribution in [0.25, 0.3) is 0 Å². The first-order chi connectivity index (χ1) is 20.4. The molecule has 1 heterocycles. The van der Waals surface area contributed by atoms with Crippen LogP contribution in [0, 0.1) is 0 Å². The molecule has 1 saturated heterocycles. The number of amides is 2. The highest BCUT2D eigenvalue weighted by Crippen LogP contribution is 2.15. The summed E-state index contributed by atoms with van der Waals surface area (Å²) in [5, 5.41) is 11.3. The smallest absolute Gasteiger partial charge is 0.349 e. The Hall–Kier alpha value is -1.51. The van der Waals surface area contributed by atoms with Gasteiger partial charge in [-0.1, -0.05) is 129 Å². The molecule has 2 unspecified atom stereocenters. The van der Waals surface area contributed by atoms with E-state index < -0.39 is 23.8 Å². The number of nitrogens with zero attached hydrogens (tertiary/aromatic N) is 2. The van der Waals surface area contributed by atoms with E-state index in [1.54, 1.807) is 0 Å². The highest BCUT2D eigenvalue weighted by molar-refractivity contribution is 6.01. The molecular formula is C34H65N3O5. The van der Waals surface area contributed by atoms with E-state index in [-0.39, 0.29) is 18.9 Å². The lowest BCUT2D eigenvalue weighted by Gasteiger charge is -2.25. The van der Waals surface area contributed by atoms with Gasteiger partial charge < -0.3 is 20.6 Å². The second kappa shape index (κ2) is 25.9. The van der Waals surface area contributed by atoms with Crippen molar-refractivity contribution in [2.45, 2.75) is 180 Å². The van der Waals surface area contributed by atoms with Gasteiger partial charge in [0.25, 0.3) is 11.8 Å². The Morgan fingerprint density at radius 2 is 1.12 bits per heavy atom. The van der Waals surface area contributed by atoms with E-state index in [0.29, 0.717) is 18.0 Å². The van der Waals surface area contributed by atoms with Crippen LogP contribution in [0.1, 0.15) is 168 Å². The number of hydrogen-bond donors (Lipinski definition) is 2. The van der Waals surface area contributed by atoms with E-state index in [4.69, 9.17) is 10.6 Å². The molecule has 1 rings (SSSR count). The van der Waals surface area contributed by atoms with Crippen molar-refractivity contribution in [3.8, 4) is 0 Å². The van der Waals surface area contributed by atoms with Crippen LogP contribution in [0.15, 0.2) is 0 Å². The molecule has 2 atom stereocenters. The predicted molar refractivity (Wildman–Crippen MR) is 171 cm³/mol. The maximum atomic E-state index is 12.3. The Morgan fingerprint density at radius 1 is 0.714 bits per heavy atom. The number of nitrogens with two attached hydrogens (primary N) is 1. The number of rotatable bonds is 29. The first kappa shape index (κ1) is 38.5. The maximum absolute atomic E-state index is 12.3. The van der Waals surface area contributed by atoms with E-state index in [0.717, 1.165) is 45.2 Å². The van der Waals surface area contributed by atoms with Crippen LogP contribution < -0.4 is 5.73 Å². The van der Waals surface area contributed by atoms with Gasteiger partial charge in [0, 0.05) is 19.4 Å². The molecule has 1 aliphatic rings. The number of carbonyl (C=O) groups is 3. The molecule has 0 bridgehead atoms. The van der Waals surface area contributed by atoms with Gasteiger partial charge in [-0.25, -0.2) is 4.79 Å². The fraction of sp³-hybridized carbons (Fsp3) is 0.912. The average molecular weight is 596 g/mol. The van der Waals surface area contributed by atoms with Gasteiger partial charge >= 0.3 is 5.97 Å². The van der Waals surface area contributed by atoms with Gasteiger partial charge in [-0.15, -0.1) is 5.06 Å². The topological polar surface area (TPSA) is 113 Å². The molecule has 0 saturated carbocycles. The Bertz CT molecular complexity index is 689. The van der Waals surface area contributed by atoms with Crippen molar-refractivity contribution in [3.05, 3.63) is 0 Å². The number of unbranched alkanes of at least 4 members (excludes halogenated alkanes) is 17. The quantitative estimate of drug-likeness (QED) is 0.0694. The summed E-state index contributed by atoms with van der Waals surface area (Å²) < 4.78 is 0. The van der Waals surface area contributed by atoms with Crippen LogP contribution in [0.2, 0.25) is 0 Å². The molecule has 1 aliphatic heterocycles. The Labute approximate surface area is 257 Å². The van der Waals surface area contributed by atoms with Gasteiger partial charge in [0.05, 0.1) is 6.10 Å². The second-order valence-electron chi connectivity index (χ2n) is 12.5. The molecule has 2 amide bonds. The molecule has 0 spiro atoms. The zero-order valence-corrected chi connectivity index (χ0v) is 27.3. The minimum Gasteiger partial charge on any atom is -0.392 e. The first-order valence-electron chi connectivity index (χ1n) is 17.6. The number of hydrogen-bond acceptors (Lipinski definition) is 7. The molecule has 0 aromatic heterocycles. The monoisotopic (exact) mass is 595 g/mol. The standard InChI is InChI=1S/C34H65N3O5/c1-3-5-7-9-11-13-14-16-18-21-27-36(29-30(38)23-19-17-15-12-10-8-6-4-2)28-22-20-24-31(35)34(41)42-37-32(39)25-26-33(37)40/h30-31,38H,3-29,35H2,1-2H3. The van der Waals surface area contributed by atoms with Crippen LogP contribution in [-0.2, 0) is 19.2 Å². The molecule has 0 radical (unpaired) electrons. The molecule has 3 N–H and O–H groups in total. The highest BCUT2D eigenvalue weighted by atomic mass is 16.7. The van der Waals surface area contributed by atoms with Gasteiger partial charge in [-0.05, 0) is 38.8 Å². The third kappa shape index (κ3) is 19.6. The van der Waals surface area contributed by atoms with Crippen molar-refractivity contribution in [1.82, 2.24) is 9.96 Å². The molecule has 246 valence electrons. The lowest BCUT2D eigenvalue weighted by Crippen LogP contribution is -2.40. The summed E-state index contributed by atoms with van der Waals surface area (Å²) in [7, 11) is 0. The SMILES string of the molecule is CCCCCCCCCCCCN(CCCCC(N)C(=O)ON1C(=O)CCC1=O)CC(O)CCCCCCCCCC. The van der Waals surface area contributed by atoms with E-state index in [9.17, 15) is 19.5 Å². The Kier molecular flexibility index (Phi) is 23.8. The van der Waals surface area contributed by atoms with Gasteiger partial charge in [-0.2, -0.15) is 0 Å². The number of imide groups is 1. The van der Waals surface area contributed by atoms with E-state index in [2.05, 4.69) is 18.7 Å². The van der Waals surface area contributed by atoms with Crippen LogP contribution in [0.5, 0.6) is 0 Å². The summed E-state index contributed by atoms with van der Waals surface area (Å²) >= 11 is 0. The summed E-state index contributed by atoms with van der Waals surface area (Å²) in [5.41, 5.74) is 5.99. The largest absolute Gasteiger partial charge is 0.392 e. The van der Waals surface area contributed by atoms with Gasteiger partial charge in [0.1, 0.15) is 6.04 Å². The first-order valence-corrected chi connectivity index (χ1v) is 17.6. The third-order valence-corrected chi connectivity index (χ3v) is 8.42. The summed E-state index contributed by atoms with van der Waals surface area (Å²) in [4.78, 5) is 43.0. The minimum atomic E-state index is -0.866. The highest BCUT2D eigenvalue weighted by Gasteiger charge is 2.34. The minimum absolute atomic E-state index is 0.0706. The fourth-order valence-electron chi connectivity index (χ4n) is 5.65. The van der Waals surface area contributed by atoms with Gasteiger partial charge in [-0.3, -0.25) is 9.59 Å². The van der Waals surface area contributed by atoms with Crippen molar-refractivity contribution in [3.63, 3.8) is 0 Å². The maximum Gasteiger partial charge on any atom is 0.349 e. The fourth-order valence-corrected chi connectivity index (χ4v) is 5.65. The van der Waals surface area contributed by atoms with Crippen LogP contribution in [0.3, 0.4) is 0 Å². The van der Waals surface area contributed by atoms with Crippen molar-refractivity contribution in [2.24, 2.45) is 5.73 Å². The Morgan fingerprint density at radius 3 is 1.62 bits per heavy atom. The van der Waals surface area contributed by atoms with E-state index >= 15 is 0 Å². The molecule has 0 aromatic rings. The van der Waals surface area contributed by atoms with Crippen LogP contribution in [0.4, 0.5) is 0 Å². The van der Waals surface area contributed by atoms with Crippen molar-refractivity contribution in [1.29, 1.82) is 0 Å².